The fourth-order valence-corrected chi connectivity index (χ4v) is 6.27. The summed E-state index contributed by atoms with van der Waals surface area (Å²) >= 11 is 6.07. The Morgan fingerprint density at radius 2 is 1.97 bits per heavy atom. The van der Waals surface area contributed by atoms with Crippen molar-refractivity contribution in [2.75, 3.05) is 31.2 Å². The van der Waals surface area contributed by atoms with Crippen LogP contribution in [0.1, 0.15) is 32.6 Å². The van der Waals surface area contributed by atoms with E-state index in [0.29, 0.717) is 36.4 Å². The predicted molar refractivity (Wildman–Crippen MR) is 135 cm³/mol. The van der Waals surface area contributed by atoms with Crippen LogP contribution in [0.2, 0.25) is 5.02 Å². The van der Waals surface area contributed by atoms with E-state index in [1.807, 2.05) is 6.92 Å². The van der Waals surface area contributed by atoms with E-state index in [4.69, 9.17) is 21.1 Å². The third-order valence-electron chi connectivity index (χ3n) is 7.63. The van der Waals surface area contributed by atoms with E-state index in [9.17, 15) is 19.5 Å². The van der Waals surface area contributed by atoms with E-state index < -0.39 is 35.0 Å². The number of rotatable bonds is 11. The number of halogens is 1. The normalized spacial score (nSPS) is 30.2. The van der Waals surface area contributed by atoms with Crippen LogP contribution in [-0.4, -0.2) is 71.3 Å². The fraction of sp³-hybridized carbons (Fsp3) is 0.519. The van der Waals surface area contributed by atoms with E-state index in [0.717, 1.165) is 0 Å². The minimum atomic E-state index is -1.15. The summed E-state index contributed by atoms with van der Waals surface area (Å²) in [6, 6.07) is 5.96. The molecule has 1 aromatic carbocycles. The summed E-state index contributed by atoms with van der Waals surface area (Å²) < 4.78 is 12.0. The molecule has 3 heterocycles. The first kappa shape index (κ1) is 26.4. The number of amides is 2. The van der Waals surface area contributed by atoms with Gasteiger partial charge in [-0.25, -0.2) is 0 Å². The fourth-order valence-electron chi connectivity index (χ4n) is 6.15. The SMILES string of the molecule is C=CCOC(=O)[C@@H]1[C@H]2C(=O)N(CCCCO)C(C(=O)N(CC=C)c3ccc(Cl)cc3)C23CC[C@@]1(C)O3. The molecule has 8 nitrogen and oxygen atoms in total. The molecule has 0 radical (unpaired) electrons. The van der Waals surface area contributed by atoms with E-state index in [-0.39, 0.29) is 38.1 Å². The van der Waals surface area contributed by atoms with Crippen molar-refractivity contribution in [2.24, 2.45) is 11.8 Å². The van der Waals surface area contributed by atoms with E-state index in [1.165, 1.54) is 6.08 Å². The highest BCUT2D eigenvalue weighted by atomic mass is 35.5. The van der Waals surface area contributed by atoms with E-state index in [1.54, 1.807) is 40.1 Å². The third kappa shape index (κ3) is 4.25. The lowest BCUT2D eigenvalue weighted by Gasteiger charge is -2.36. The van der Waals surface area contributed by atoms with Crippen LogP contribution in [0.5, 0.6) is 0 Å². The molecule has 3 aliphatic heterocycles. The number of carbonyl (C=O) groups is 3. The highest BCUT2D eigenvalue weighted by Gasteiger charge is 2.78. The van der Waals surface area contributed by atoms with Crippen LogP contribution in [0.4, 0.5) is 5.69 Å². The summed E-state index contributed by atoms with van der Waals surface area (Å²) in [6.07, 6.45) is 5.10. The number of hydrogen-bond acceptors (Lipinski definition) is 6. The van der Waals surface area contributed by atoms with Gasteiger partial charge in [-0.3, -0.25) is 14.4 Å². The predicted octanol–water partition coefficient (Wildman–Crippen LogP) is 3.13. The van der Waals surface area contributed by atoms with Gasteiger partial charge in [0.25, 0.3) is 5.91 Å². The molecule has 1 N–H and O–H groups in total. The van der Waals surface area contributed by atoms with E-state index in [2.05, 4.69) is 13.2 Å². The smallest absolute Gasteiger partial charge is 0.313 e. The monoisotopic (exact) mass is 516 g/mol. The van der Waals surface area contributed by atoms with Crippen LogP contribution < -0.4 is 4.90 Å². The molecule has 9 heteroatoms. The number of benzene rings is 1. The molecule has 4 rings (SSSR count). The average Bonchev–Trinajstić information content (AvgIpc) is 3.42. The maximum atomic E-state index is 14.3. The van der Waals surface area contributed by atoms with Crippen molar-refractivity contribution in [3.8, 4) is 0 Å². The summed E-state index contributed by atoms with van der Waals surface area (Å²) in [7, 11) is 0. The number of esters is 1. The van der Waals surface area contributed by atoms with Crippen LogP contribution in [0.3, 0.4) is 0 Å². The molecule has 3 aliphatic rings. The third-order valence-corrected chi connectivity index (χ3v) is 7.88. The Kier molecular flexibility index (Phi) is 7.59. The number of aliphatic hydroxyl groups excluding tert-OH is 1. The zero-order valence-corrected chi connectivity index (χ0v) is 21.3. The van der Waals surface area contributed by atoms with Gasteiger partial charge in [0.05, 0.1) is 11.5 Å². The van der Waals surface area contributed by atoms with Gasteiger partial charge in [-0.15, -0.1) is 6.58 Å². The molecule has 5 atom stereocenters. The second-order valence-corrected chi connectivity index (χ2v) is 10.3. The van der Waals surface area contributed by atoms with Gasteiger partial charge in [0.2, 0.25) is 5.91 Å². The molecular formula is C27H33ClN2O6. The summed E-state index contributed by atoms with van der Waals surface area (Å²) in [5.74, 6) is -2.75. The molecular weight excluding hydrogens is 484 g/mol. The average molecular weight is 517 g/mol. The number of unbranched alkanes of at least 4 members (excludes halogenated alkanes) is 1. The van der Waals surface area contributed by atoms with Crippen molar-refractivity contribution in [1.82, 2.24) is 4.90 Å². The molecule has 194 valence electrons. The maximum absolute atomic E-state index is 14.3. The molecule has 1 aromatic rings. The van der Waals surface area contributed by atoms with Crippen molar-refractivity contribution in [2.45, 2.75) is 49.9 Å². The lowest BCUT2D eigenvalue weighted by molar-refractivity contribution is -0.158. The quantitative estimate of drug-likeness (QED) is 0.276. The van der Waals surface area contributed by atoms with Gasteiger partial charge >= 0.3 is 5.97 Å². The molecule has 3 fully saturated rings. The number of ether oxygens (including phenoxy) is 2. The summed E-state index contributed by atoms with van der Waals surface area (Å²) in [6.45, 7) is 9.73. The number of nitrogens with zero attached hydrogens (tertiary/aromatic N) is 2. The van der Waals surface area contributed by atoms with Crippen LogP contribution in [-0.2, 0) is 23.9 Å². The van der Waals surface area contributed by atoms with Gasteiger partial charge in [0.15, 0.2) is 0 Å². The topological polar surface area (TPSA) is 96.4 Å². The zero-order chi connectivity index (χ0) is 26.1. The molecule has 2 bridgehead atoms. The number of carbonyl (C=O) groups excluding carboxylic acids is 3. The van der Waals surface area contributed by atoms with Crippen molar-refractivity contribution < 1.29 is 29.0 Å². The van der Waals surface area contributed by atoms with Crippen molar-refractivity contribution in [3.63, 3.8) is 0 Å². The number of hydrogen-bond donors (Lipinski definition) is 1. The number of aliphatic hydroxyl groups is 1. The summed E-state index contributed by atoms with van der Waals surface area (Å²) in [5, 5.41) is 9.85. The molecule has 36 heavy (non-hydrogen) atoms. The highest BCUT2D eigenvalue weighted by molar-refractivity contribution is 6.30. The second kappa shape index (κ2) is 10.4. The minimum Gasteiger partial charge on any atom is -0.461 e. The van der Waals surface area contributed by atoms with Crippen molar-refractivity contribution >= 4 is 35.1 Å². The van der Waals surface area contributed by atoms with Crippen molar-refractivity contribution in [3.05, 3.63) is 54.6 Å². The Balaban J connectivity index is 1.76. The molecule has 3 saturated heterocycles. The lowest BCUT2D eigenvalue weighted by atomic mass is 9.66. The minimum absolute atomic E-state index is 0.0202. The van der Waals surface area contributed by atoms with Gasteiger partial charge in [-0.2, -0.15) is 0 Å². The Labute approximate surface area is 216 Å². The Hall–Kier alpha value is -2.68. The molecule has 2 unspecified atom stereocenters. The Morgan fingerprint density at radius 3 is 2.61 bits per heavy atom. The Morgan fingerprint density at radius 1 is 1.25 bits per heavy atom. The first-order chi connectivity index (χ1) is 17.2. The largest absolute Gasteiger partial charge is 0.461 e. The van der Waals surface area contributed by atoms with Gasteiger partial charge in [0.1, 0.15) is 24.2 Å². The first-order valence-electron chi connectivity index (χ1n) is 12.3. The molecule has 1 spiro atoms. The van der Waals surface area contributed by atoms with Gasteiger partial charge in [-0.05, 0) is 56.9 Å². The zero-order valence-electron chi connectivity index (χ0n) is 20.5. The molecule has 0 saturated carbocycles. The van der Waals surface area contributed by atoms with Crippen LogP contribution in [0.15, 0.2) is 49.6 Å². The molecule has 2 amide bonds. The van der Waals surface area contributed by atoms with E-state index >= 15 is 0 Å². The summed E-state index contributed by atoms with van der Waals surface area (Å²) in [5.41, 5.74) is -1.43. The van der Waals surface area contributed by atoms with Crippen LogP contribution in [0.25, 0.3) is 0 Å². The Bertz CT molecular complexity index is 1050. The standard InChI is InChI=1S/C27H33ClN2O6/c1-4-14-29(19-10-8-18(28)9-11-19)24(33)22-27-13-12-26(3,36-27)21(25(34)35-17-5-2)20(27)23(32)30(22)15-6-7-16-31/h4-5,8-11,20-22,31H,1-2,6-7,12-17H2,3H3/t20-,21-,22?,26+,27?/m0/s1. The van der Waals surface area contributed by atoms with Crippen LogP contribution >= 0.6 is 11.6 Å². The molecule has 0 aliphatic carbocycles. The first-order valence-corrected chi connectivity index (χ1v) is 12.7. The molecule has 0 aromatic heterocycles. The van der Waals surface area contributed by atoms with Gasteiger partial charge < -0.3 is 24.4 Å². The number of anilines is 1. The maximum Gasteiger partial charge on any atom is 0.313 e. The highest BCUT2D eigenvalue weighted by Crippen LogP contribution is 2.63. The summed E-state index contributed by atoms with van der Waals surface area (Å²) in [4.78, 5) is 44.5. The number of likely N-dealkylation sites (tertiary alicyclic amines) is 1. The van der Waals surface area contributed by atoms with Gasteiger partial charge in [-0.1, -0.05) is 30.3 Å². The lowest BCUT2D eigenvalue weighted by Crippen LogP contribution is -2.56. The second-order valence-electron chi connectivity index (χ2n) is 9.82. The van der Waals surface area contributed by atoms with Crippen molar-refractivity contribution in [1.29, 1.82) is 0 Å². The van der Waals surface area contributed by atoms with Gasteiger partial charge in [0, 0.05) is 30.4 Å². The number of fused-ring (bicyclic) bond motifs is 1. The van der Waals surface area contributed by atoms with Crippen LogP contribution in [0, 0.1) is 11.8 Å².